The molecule has 0 spiro atoms. The number of nitrogens with one attached hydrogen (secondary N) is 1. The van der Waals surface area contributed by atoms with E-state index in [1.165, 1.54) is 12.8 Å². The van der Waals surface area contributed by atoms with E-state index in [1.807, 2.05) is 0 Å². The lowest BCUT2D eigenvalue weighted by molar-refractivity contribution is -0.118. The minimum Gasteiger partial charge on any atom is -0.309 e. The molecule has 0 radical (unpaired) electrons. The first kappa shape index (κ1) is 11.4. The standard InChI is InChI=1S/C14H27N/c1-9-11-7-10(14(11,5)6)8-12(9)15-13(2,3)4/h9-12,15H,7-8H2,1-6H3. The normalized spacial score (nSPS) is 43.6. The minimum atomic E-state index is 0.271. The zero-order valence-corrected chi connectivity index (χ0v) is 11.2. The molecule has 15 heavy (non-hydrogen) atoms. The van der Waals surface area contributed by atoms with Gasteiger partial charge in [-0.2, -0.15) is 0 Å². The summed E-state index contributed by atoms with van der Waals surface area (Å²) in [6, 6.07) is 0.752. The van der Waals surface area contributed by atoms with Crippen molar-refractivity contribution in [1.29, 1.82) is 0 Å². The largest absolute Gasteiger partial charge is 0.309 e. The molecule has 3 fully saturated rings. The van der Waals surface area contributed by atoms with Gasteiger partial charge in [-0.05, 0) is 56.8 Å². The summed E-state index contributed by atoms with van der Waals surface area (Å²) < 4.78 is 0. The summed E-state index contributed by atoms with van der Waals surface area (Å²) in [5.41, 5.74) is 0.891. The molecule has 4 atom stereocenters. The van der Waals surface area contributed by atoms with E-state index in [9.17, 15) is 0 Å². The molecule has 3 saturated carbocycles. The van der Waals surface area contributed by atoms with Crippen LogP contribution in [-0.2, 0) is 0 Å². The Balaban J connectivity index is 2.03. The molecule has 1 heteroatoms. The monoisotopic (exact) mass is 209 g/mol. The van der Waals surface area contributed by atoms with E-state index in [2.05, 4.69) is 46.9 Å². The van der Waals surface area contributed by atoms with Crippen molar-refractivity contribution in [2.75, 3.05) is 0 Å². The molecule has 0 saturated heterocycles. The molecule has 0 heterocycles. The van der Waals surface area contributed by atoms with Gasteiger partial charge < -0.3 is 5.32 Å². The van der Waals surface area contributed by atoms with E-state index in [-0.39, 0.29) is 5.54 Å². The van der Waals surface area contributed by atoms with Gasteiger partial charge in [0.05, 0.1) is 0 Å². The summed E-state index contributed by atoms with van der Waals surface area (Å²) in [6.07, 6.45) is 2.87. The third-order valence-corrected chi connectivity index (χ3v) is 4.97. The molecular formula is C14H27N. The van der Waals surface area contributed by atoms with Crippen LogP contribution in [0.2, 0.25) is 0 Å². The number of fused-ring (bicyclic) bond motifs is 2. The maximum Gasteiger partial charge on any atom is 0.0103 e. The average molecular weight is 209 g/mol. The van der Waals surface area contributed by atoms with Crippen molar-refractivity contribution in [3.8, 4) is 0 Å². The van der Waals surface area contributed by atoms with Gasteiger partial charge in [-0.15, -0.1) is 0 Å². The highest BCUT2D eigenvalue weighted by atomic mass is 15.0. The second-order valence-electron chi connectivity index (χ2n) is 7.46. The second kappa shape index (κ2) is 3.23. The lowest BCUT2D eigenvalue weighted by atomic mass is 9.44. The molecule has 0 aromatic rings. The SMILES string of the molecule is CC1C(NC(C)(C)C)CC2CC1C2(C)C. The van der Waals surface area contributed by atoms with Crippen LogP contribution in [-0.4, -0.2) is 11.6 Å². The van der Waals surface area contributed by atoms with Gasteiger partial charge in [0.15, 0.2) is 0 Å². The predicted molar refractivity (Wildman–Crippen MR) is 65.8 cm³/mol. The minimum absolute atomic E-state index is 0.271. The summed E-state index contributed by atoms with van der Waals surface area (Å²) in [6.45, 7) is 14.2. The Hall–Kier alpha value is -0.0400. The topological polar surface area (TPSA) is 12.0 Å². The zero-order chi connectivity index (χ0) is 11.4. The molecule has 3 rings (SSSR count). The average Bonchev–Trinajstić information content (AvgIpc) is 2.05. The van der Waals surface area contributed by atoms with Crippen molar-refractivity contribution >= 4 is 0 Å². The molecule has 2 bridgehead atoms. The van der Waals surface area contributed by atoms with Gasteiger partial charge in [0.1, 0.15) is 0 Å². The molecular weight excluding hydrogens is 182 g/mol. The van der Waals surface area contributed by atoms with E-state index < -0.39 is 0 Å². The van der Waals surface area contributed by atoms with Crippen molar-refractivity contribution in [1.82, 2.24) is 5.32 Å². The van der Waals surface area contributed by atoms with Crippen LogP contribution in [0.4, 0.5) is 0 Å². The molecule has 3 aliphatic rings. The van der Waals surface area contributed by atoms with Crippen molar-refractivity contribution in [3.63, 3.8) is 0 Å². The number of hydrogen-bond acceptors (Lipinski definition) is 1. The Morgan fingerprint density at radius 3 is 2.13 bits per heavy atom. The van der Waals surface area contributed by atoms with E-state index in [1.54, 1.807) is 0 Å². The summed E-state index contributed by atoms with van der Waals surface area (Å²) in [4.78, 5) is 0. The molecule has 0 aromatic carbocycles. The fourth-order valence-corrected chi connectivity index (χ4v) is 3.90. The predicted octanol–water partition coefficient (Wildman–Crippen LogP) is 3.45. The van der Waals surface area contributed by atoms with E-state index in [0.29, 0.717) is 5.41 Å². The smallest absolute Gasteiger partial charge is 0.0103 e. The third kappa shape index (κ3) is 1.84. The van der Waals surface area contributed by atoms with Crippen LogP contribution in [0.25, 0.3) is 0 Å². The fraction of sp³-hybridized carbons (Fsp3) is 1.00. The summed E-state index contributed by atoms with van der Waals surface area (Å²) in [5, 5.41) is 3.81. The number of rotatable bonds is 1. The Morgan fingerprint density at radius 2 is 1.73 bits per heavy atom. The highest BCUT2D eigenvalue weighted by Gasteiger charge is 2.56. The van der Waals surface area contributed by atoms with Gasteiger partial charge >= 0.3 is 0 Å². The molecule has 0 amide bonds. The van der Waals surface area contributed by atoms with Gasteiger partial charge in [-0.1, -0.05) is 20.8 Å². The third-order valence-electron chi connectivity index (χ3n) is 4.97. The van der Waals surface area contributed by atoms with Crippen LogP contribution < -0.4 is 5.32 Å². The summed E-state index contributed by atoms with van der Waals surface area (Å²) >= 11 is 0. The molecule has 88 valence electrons. The van der Waals surface area contributed by atoms with Crippen molar-refractivity contribution in [3.05, 3.63) is 0 Å². The van der Waals surface area contributed by atoms with E-state index in [4.69, 9.17) is 0 Å². The van der Waals surface area contributed by atoms with Crippen LogP contribution >= 0.6 is 0 Å². The highest BCUT2D eigenvalue weighted by Crippen LogP contribution is 2.61. The second-order valence-corrected chi connectivity index (χ2v) is 7.46. The van der Waals surface area contributed by atoms with Crippen LogP contribution in [0.3, 0.4) is 0 Å². The van der Waals surface area contributed by atoms with Gasteiger partial charge in [0.2, 0.25) is 0 Å². The van der Waals surface area contributed by atoms with E-state index in [0.717, 1.165) is 23.8 Å². The maximum atomic E-state index is 3.81. The van der Waals surface area contributed by atoms with Crippen LogP contribution in [0.1, 0.15) is 54.4 Å². The Morgan fingerprint density at radius 1 is 1.13 bits per heavy atom. The van der Waals surface area contributed by atoms with E-state index >= 15 is 0 Å². The van der Waals surface area contributed by atoms with Crippen molar-refractivity contribution in [2.45, 2.75) is 66.0 Å². The van der Waals surface area contributed by atoms with Gasteiger partial charge in [-0.25, -0.2) is 0 Å². The maximum absolute atomic E-state index is 3.81. The molecule has 1 N–H and O–H groups in total. The van der Waals surface area contributed by atoms with Gasteiger partial charge in [0, 0.05) is 11.6 Å². The lowest BCUT2D eigenvalue weighted by Gasteiger charge is -2.62. The first-order valence-corrected chi connectivity index (χ1v) is 6.49. The lowest BCUT2D eigenvalue weighted by Crippen LogP contribution is -2.62. The first-order valence-electron chi connectivity index (χ1n) is 6.49. The van der Waals surface area contributed by atoms with Crippen LogP contribution in [0, 0.1) is 23.2 Å². The van der Waals surface area contributed by atoms with Crippen molar-refractivity contribution in [2.24, 2.45) is 23.2 Å². The molecule has 0 aromatic heterocycles. The summed E-state index contributed by atoms with van der Waals surface area (Å²) in [7, 11) is 0. The number of hydrogen-bond donors (Lipinski definition) is 1. The zero-order valence-electron chi connectivity index (χ0n) is 11.2. The summed E-state index contributed by atoms with van der Waals surface area (Å²) in [5.74, 6) is 2.78. The quantitative estimate of drug-likeness (QED) is 0.697. The van der Waals surface area contributed by atoms with Gasteiger partial charge in [-0.3, -0.25) is 0 Å². The molecule has 0 aliphatic heterocycles. The Bertz CT molecular complexity index is 249. The van der Waals surface area contributed by atoms with Crippen LogP contribution in [0.15, 0.2) is 0 Å². The Kier molecular flexibility index (Phi) is 2.46. The fourth-order valence-electron chi connectivity index (χ4n) is 3.90. The molecule has 3 aliphatic carbocycles. The molecule has 1 nitrogen and oxygen atoms in total. The van der Waals surface area contributed by atoms with Gasteiger partial charge in [0.25, 0.3) is 0 Å². The van der Waals surface area contributed by atoms with Crippen LogP contribution in [0.5, 0.6) is 0 Å². The van der Waals surface area contributed by atoms with Crippen molar-refractivity contribution < 1.29 is 0 Å². The Labute approximate surface area is 95.0 Å². The molecule has 4 unspecified atom stereocenters. The highest BCUT2D eigenvalue weighted by molar-refractivity contribution is 5.07. The first-order chi connectivity index (χ1) is 6.72.